The Bertz CT molecular complexity index is 1220. The summed E-state index contributed by atoms with van der Waals surface area (Å²) in [5, 5.41) is 1.11. The Kier molecular flexibility index (Phi) is 4.84. The average Bonchev–Trinajstić information content (AvgIpc) is 2.80. The fraction of sp³-hybridized carbons (Fsp3) is 0. The number of fused-ring (bicyclic) bond motifs is 1. The van der Waals surface area contributed by atoms with Crippen molar-refractivity contribution >= 4 is 10.9 Å². The van der Waals surface area contributed by atoms with E-state index in [0.717, 1.165) is 33.7 Å². The van der Waals surface area contributed by atoms with E-state index in [1.807, 2.05) is 103 Å². The van der Waals surface area contributed by atoms with E-state index in [4.69, 9.17) is 14.5 Å². The van der Waals surface area contributed by atoms with Crippen molar-refractivity contribution in [2.24, 2.45) is 0 Å². The normalized spacial score (nSPS) is 10.7. The number of benzene rings is 4. The van der Waals surface area contributed by atoms with Crippen LogP contribution in [0.3, 0.4) is 0 Å². The highest BCUT2D eigenvalue weighted by Gasteiger charge is 2.09. The van der Waals surface area contributed by atoms with Gasteiger partial charge in [0.1, 0.15) is 23.0 Å². The molecule has 0 fully saturated rings. The minimum absolute atomic E-state index is 0.694. The molecule has 0 aliphatic carbocycles. The SMILES string of the molecule is c1ccc(Oc2cc(Oc3ccccc3)cc(-c3ccc4ccccc4n3)c2)cc1. The van der Waals surface area contributed by atoms with Crippen LogP contribution in [0.4, 0.5) is 0 Å². The molecule has 5 aromatic rings. The molecule has 0 spiro atoms. The average molecular weight is 389 g/mol. The number of pyridine rings is 1. The first-order chi connectivity index (χ1) is 14.8. The molecule has 30 heavy (non-hydrogen) atoms. The molecule has 1 aromatic heterocycles. The van der Waals surface area contributed by atoms with Gasteiger partial charge in [-0.3, -0.25) is 0 Å². The molecule has 0 aliphatic rings. The largest absolute Gasteiger partial charge is 0.457 e. The van der Waals surface area contributed by atoms with Crippen LogP contribution in [0.5, 0.6) is 23.0 Å². The van der Waals surface area contributed by atoms with Gasteiger partial charge in [0.25, 0.3) is 0 Å². The summed E-state index contributed by atoms with van der Waals surface area (Å²) in [5.41, 5.74) is 2.75. The first kappa shape index (κ1) is 18.0. The van der Waals surface area contributed by atoms with E-state index in [1.54, 1.807) is 0 Å². The number of nitrogens with zero attached hydrogens (tertiary/aromatic N) is 1. The Labute approximate surface area is 175 Å². The van der Waals surface area contributed by atoms with Gasteiger partial charge in [0.15, 0.2) is 0 Å². The summed E-state index contributed by atoms with van der Waals surface area (Å²) in [6.45, 7) is 0. The Hall–Kier alpha value is -4.11. The summed E-state index contributed by atoms with van der Waals surface area (Å²) in [7, 11) is 0. The van der Waals surface area contributed by atoms with Gasteiger partial charge in [-0.2, -0.15) is 0 Å². The van der Waals surface area contributed by atoms with Crippen LogP contribution >= 0.6 is 0 Å². The standard InChI is InChI=1S/C27H19NO2/c1-3-10-22(11-4-1)29-24-17-21(18-25(19-24)30-23-12-5-2-6-13-23)27-16-15-20-9-7-8-14-26(20)28-27/h1-19H. The highest BCUT2D eigenvalue weighted by molar-refractivity contribution is 5.81. The van der Waals surface area contributed by atoms with Crippen molar-refractivity contribution < 1.29 is 9.47 Å². The molecule has 1 heterocycles. The van der Waals surface area contributed by atoms with Crippen LogP contribution in [0.15, 0.2) is 115 Å². The molecule has 3 heteroatoms. The van der Waals surface area contributed by atoms with Gasteiger partial charge >= 0.3 is 0 Å². The summed E-state index contributed by atoms with van der Waals surface area (Å²) in [4.78, 5) is 4.83. The lowest BCUT2D eigenvalue weighted by atomic mass is 10.1. The molecule has 0 aliphatic heterocycles. The molecule has 0 unspecified atom stereocenters. The van der Waals surface area contributed by atoms with Crippen molar-refractivity contribution in [1.29, 1.82) is 0 Å². The summed E-state index contributed by atoms with van der Waals surface area (Å²) in [6.07, 6.45) is 0. The maximum atomic E-state index is 6.10. The number of para-hydroxylation sites is 3. The van der Waals surface area contributed by atoms with Crippen LogP contribution in [0.2, 0.25) is 0 Å². The summed E-state index contributed by atoms with van der Waals surface area (Å²) < 4.78 is 12.2. The Morgan fingerprint density at radius 1 is 0.467 bits per heavy atom. The molecule has 0 radical (unpaired) electrons. The van der Waals surface area contributed by atoms with Crippen LogP contribution in [0, 0.1) is 0 Å². The fourth-order valence-electron chi connectivity index (χ4n) is 3.31. The third-order valence-electron chi connectivity index (χ3n) is 4.73. The van der Waals surface area contributed by atoms with Crippen LogP contribution < -0.4 is 9.47 Å². The van der Waals surface area contributed by atoms with Crippen molar-refractivity contribution in [3.8, 4) is 34.3 Å². The van der Waals surface area contributed by atoms with E-state index in [2.05, 4.69) is 12.1 Å². The highest BCUT2D eigenvalue weighted by Crippen LogP contribution is 2.34. The molecule has 144 valence electrons. The van der Waals surface area contributed by atoms with Crippen molar-refractivity contribution in [1.82, 2.24) is 4.98 Å². The molecular formula is C27H19NO2. The topological polar surface area (TPSA) is 31.4 Å². The van der Waals surface area contributed by atoms with E-state index in [1.165, 1.54) is 0 Å². The van der Waals surface area contributed by atoms with Crippen molar-refractivity contribution in [2.75, 3.05) is 0 Å². The molecule has 0 N–H and O–H groups in total. The lowest BCUT2D eigenvalue weighted by molar-refractivity contribution is 0.460. The first-order valence-electron chi connectivity index (χ1n) is 9.81. The zero-order valence-corrected chi connectivity index (χ0v) is 16.2. The Morgan fingerprint density at radius 3 is 1.67 bits per heavy atom. The number of rotatable bonds is 5. The highest BCUT2D eigenvalue weighted by atomic mass is 16.5. The van der Waals surface area contributed by atoms with Gasteiger partial charge < -0.3 is 9.47 Å². The van der Waals surface area contributed by atoms with Gasteiger partial charge in [0.05, 0.1) is 11.2 Å². The minimum atomic E-state index is 0.694. The second-order valence-corrected chi connectivity index (χ2v) is 6.91. The van der Waals surface area contributed by atoms with E-state index in [0.29, 0.717) is 11.5 Å². The second-order valence-electron chi connectivity index (χ2n) is 6.91. The zero-order chi connectivity index (χ0) is 20.2. The quantitative estimate of drug-likeness (QED) is 0.312. The van der Waals surface area contributed by atoms with Gasteiger partial charge in [0, 0.05) is 17.0 Å². The second kappa shape index (κ2) is 8.10. The zero-order valence-electron chi connectivity index (χ0n) is 16.2. The predicted octanol–water partition coefficient (Wildman–Crippen LogP) is 7.49. The Balaban J connectivity index is 1.57. The first-order valence-corrected chi connectivity index (χ1v) is 9.81. The molecule has 0 saturated heterocycles. The van der Waals surface area contributed by atoms with Gasteiger partial charge in [-0.05, 0) is 48.5 Å². The maximum absolute atomic E-state index is 6.10. The maximum Gasteiger partial charge on any atom is 0.131 e. The minimum Gasteiger partial charge on any atom is -0.457 e. The van der Waals surface area contributed by atoms with E-state index in [9.17, 15) is 0 Å². The van der Waals surface area contributed by atoms with E-state index in [-0.39, 0.29) is 0 Å². The number of hydrogen-bond acceptors (Lipinski definition) is 3. The van der Waals surface area contributed by atoms with Crippen molar-refractivity contribution in [2.45, 2.75) is 0 Å². The number of ether oxygens (including phenoxy) is 2. The lowest BCUT2D eigenvalue weighted by Crippen LogP contribution is -1.91. The molecule has 4 aromatic carbocycles. The molecule has 0 atom stereocenters. The molecule has 0 bridgehead atoms. The lowest BCUT2D eigenvalue weighted by Gasteiger charge is -2.12. The smallest absolute Gasteiger partial charge is 0.131 e. The van der Waals surface area contributed by atoms with E-state index < -0.39 is 0 Å². The van der Waals surface area contributed by atoms with Gasteiger partial charge in [-0.15, -0.1) is 0 Å². The fourth-order valence-corrected chi connectivity index (χ4v) is 3.31. The molecule has 5 rings (SSSR count). The van der Waals surface area contributed by atoms with Crippen LogP contribution in [0.1, 0.15) is 0 Å². The van der Waals surface area contributed by atoms with Gasteiger partial charge in [0.2, 0.25) is 0 Å². The molecular weight excluding hydrogens is 370 g/mol. The number of hydrogen-bond donors (Lipinski definition) is 0. The Morgan fingerprint density at radius 2 is 1.03 bits per heavy atom. The van der Waals surface area contributed by atoms with Crippen LogP contribution in [-0.4, -0.2) is 4.98 Å². The molecule has 0 amide bonds. The van der Waals surface area contributed by atoms with Gasteiger partial charge in [-0.1, -0.05) is 60.7 Å². The number of aromatic nitrogens is 1. The predicted molar refractivity (Wildman–Crippen MR) is 120 cm³/mol. The molecule has 0 saturated carbocycles. The summed E-state index contributed by atoms with van der Waals surface area (Å²) in [6, 6.07) is 37.5. The molecule has 3 nitrogen and oxygen atoms in total. The van der Waals surface area contributed by atoms with Crippen LogP contribution in [-0.2, 0) is 0 Å². The van der Waals surface area contributed by atoms with Crippen LogP contribution in [0.25, 0.3) is 22.2 Å². The monoisotopic (exact) mass is 389 g/mol. The van der Waals surface area contributed by atoms with Crippen molar-refractivity contribution in [3.63, 3.8) is 0 Å². The summed E-state index contributed by atoms with van der Waals surface area (Å²) in [5.74, 6) is 2.93. The van der Waals surface area contributed by atoms with Crippen molar-refractivity contribution in [3.05, 3.63) is 115 Å². The van der Waals surface area contributed by atoms with Gasteiger partial charge in [-0.25, -0.2) is 4.98 Å². The summed E-state index contributed by atoms with van der Waals surface area (Å²) >= 11 is 0. The third kappa shape index (κ3) is 4.01. The third-order valence-corrected chi connectivity index (χ3v) is 4.73. The van der Waals surface area contributed by atoms with E-state index >= 15 is 0 Å².